The van der Waals surface area contributed by atoms with Crippen molar-refractivity contribution in [1.29, 1.82) is 0 Å². The molecule has 2 aliphatic rings. The van der Waals surface area contributed by atoms with Gasteiger partial charge in [-0.1, -0.05) is 24.3 Å². The Morgan fingerprint density at radius 2 is 0.750 bits per heavy atom. The van der Waals surface area contributed by atoms with E-state index in [1.807, 2.05) is 0 Å². The molecule has 60 heavy (non-hydrogen) atoms. The quantitative estimate of drug-likeness (QED) is 0.175. The van der Waals surface area contributed by atoms with Gasteiger partial charge in [-0.15, -0.1) is 0 Å². The number of benzene rings is 2. The summed E-state index contributed by atoms with van der Waals surface area (Å²) >= 11 is 0. The van der Waals surface area contributed by atoms with Crippen molar-refractivity contribution in [3.63, 3.8) is 0 Å². The van der Waals surface area contributed by atoms with Gasteiger partial charge in [0.05, 0.1) is 33.9 Å². The lowest BCUT2D eigenvalue weighted by atomic mass is 10.0. The fraction of sp³-hybridized carbons (Fsp3) is 0.0769. The minimum Gasteiger partial charge on any atom is -0.354 e. The van der Waals surface area contributed by atoms with Crippen molar-refractivity contribution < 1.29 is 18.3 Å². The molecule has 0 aliphatic carbocycles. The van der Waals surface area contributed by atoms with Crippen molar-refractivity contribution in [3.8, 4) is 44.5 Å². The Morgan fingerprint density at radius 3 is 1.13 bits per heavy atom. The van der Waals surface area contributed by atoms with Crippen LogP contribution < -0.4 is 18.3 Å². The fourth-order valence-electron chi connectivity index (χ4n) is 8.99. The van der Waals surface area contributed by atoms with Crippen LogP contribution in [-0.4, -0.2) is 19.9 Å². The van der Waals surface area contributed by atoms with Crippen molar-refractivity contribution in [1.82, 2.24) is 19.9 Å². The van der Waals surface area contributed by atoms with Gasteiger partial charge < -0.3 is 9.97 Å². The molecule has 0 unspecified atom stereocenters. The van der Waals surface area contributed by atoms with Gasteiger partial charge in [0, 0.05) is 90.5 Å². The number of H-pyrrole nitrogens is 2. The summed E-state index contributed by atoms with van der Waals surface area (Å²) in [4.78, 5) is 18.8. The highest BCUT2D eigenvalue weighted by atomic mass is 14.9. The predicted octanol–water partition coefficient (Wildman–Crippen LogP) is 8.93. The third-order valence-corrected chi connectivity index (χ3v) is 11.7. The van der Waals surface area contributed by atoms with Crippen LogP contribution in [0.2, 0.25) is 0 Å². The van der Waals surface area contributed by atoms with Gasteiger partial charge in [0.25, 0.3) is 0 Å². The predicted molar refractivity (Wildman–Crippen MR) is 240 cm³/mol. The number of nitrogens with zero attached hydrogens (tertiary/aromatic N) is 6. The number of para-hydroxylation sites is 2. The van der Waals surface area contributed by atoms with Crippen LogP contribution in [0.1, 0.15) is 22.8 Å². The highest BCUT2D eigenvalue weighted by Crippen LogP contribution is 2.38. The summed E-state index contributed by atoms with van der Waals surface area (Å²) < 4.78 is 8.58. The number of pyridine rings is 4. The average molecular weight is 779 g/mol. The van der Waals surface area contributed by atoms with E-state index in [2.05, 4.69) is 227 Å². The first-order valence-corrected chi connectivity index (χ1v) is 20.2. The summed E-state index contributed by atoms with van der Waals surface area (Å²) in [6.45, 7) is 0. The van der Waals surface area contributed by atoms with Gasteiger partial charge in [-0.3, -0.25) is 0 Å². The molecular weight excluding hydrogens is 737 g/mol. The van der Waals surface area contributed by atoms with Crippen LogP contribution in [-0.2, 0) is 28.2 Å². The molecule has 2 N–H and O–H groups in total. The zero-order chi connectivity index (χ0) is 40.5. The SMILES string of the molecule is C[n+]1cccc(-c2c3nc(c(-c4cc5ccccc5[n+](C)c4)c4ccc([nH]4)c(-c4ccc[n+](C)c4)c4nc(c(-c5cc6ccccc6[n+](C)c5)c5ccc2[nH]5)C=C4)C=C3)c1. The number of aromatic amines is 2. The number of rotatable bonds is 4. The minimum absolute atomic E-state index is 0.877. The van der Waals surface area contributed by atoms with E-state index in [0.717, 1.165) is 111 Å². The number of aromatic nitrogens is 8. The maximum Gasteiger partial charge on any atom is 0.212 e. The molecule has 0 atom stereocenters. The smallest absolute Gasteiger partial charge is 0.212 e. The van der Waals surface area contributed by atoms with Crippen LogP contribution >= 0.6 is 0 Å². The molecule has 0 spiro atoms. The molecule has 9 heterocycles. The van der Waals surface area contributed by atoms with Gasteiger partial charge in [-0.25, -0.2) is 28.2 Å². The maximum absolute atomic E-state index is 5.52. The molecule has 0 fully saturated rings. The normalized spacial score (nSPS) is 12.2. The van der Waals surface area contributed by atoms with Crippen LogP contribution in [0.25, 0.3) is 113 Å². The largest absolute Gasteiger partial charge is 0.354 e. The van der Waals surface area contributed by atoms with Gasteiger partial charge in [0.2, 0.25) is 11.0 Å². The van der Waals surface area contributed by atoms with Crippen LogP contribution in [0.3, 0.4) is 0 Å². The van der Waals surface area contributed by atoms with E-state index >= 15 is 0 Å². The van der Waals surface area contributed by atoms with E-state index in [1.54, 1.807) is 0 Å². The summed E-state index contributed by atoms with van der Waals surface area (Å²) in [5.74, 6) is 0. The van der Waals surface area contributed by atoms with E-state index in [9.17, 15) is 0 Å². The van der Waals surface area contributed by atoms with Crippen molar-refractivity contribution >= 4 is 68.2 Å². The van der Waals surface area contributed by atoms with E-state index in [4.69, 9.17) is 9.97 Å². The maximum atomic E-state index is 5.52. The Bertz CT molecular complexity index is 3260. The second-order valence-corrected chi connectivity index (χ2v) is 15.8. The second-order valence-electron chi connectivity index (χ2n) is 15.8. The summed E-state index contributed by atoms with van der Waals surface area (Å²) in [6.07, 6.45) is 21.5. The first kappa shape index (κ1) is 35.3. The first-order chi connectivity index (χ1) is 29.3. The Balaban J connectivity index is 1.32. The average Bonchev–Trinajstić information content (AvgIpc) is 4.09. The van der Waals surface area contributed by atoms with Crippen molar-refractivity contribution in [2.75, 3.05) is 0 Å². The van der Waals surface area contributed by atoms with E-state index in [-0.39, 0.29) is 0 Å². The lowest BCUT2D eigenvalue weighted by molar-refractivity contribution is -0.671. The Labute approximate surface area is 347 Å². The third kappa shape index (κ3) is 6.00. The van der Waals surface area contributed by atoms with Gasteiger partial charge in [0.15, 0.2) is 37.2 Å². The Morgan fingerprint density at radius 1 is 0.383 bits per heavy atom. The summed E-state index contributed by atoms with van der Waals surface area (Å²) in [5, 5.41) is 2.31. The van der Waals surface area contributed by atoms with Gasteiger partial charge in [0.1, 0.15) is 28.2 Å². The number of hydrogen-bond acceptors (Lipinski definition) is 2. The molecule has 2 aliphatic heterocycles. The molecule has 8 heteroatoms. The molecule has 8 nitrogen and oxygen atoms in total. The van der Waals surface area contributed by atoms with Gasteiger partial charge in [-0.2, -0.15) is 0 Å². The lowest BCUT2D eigenvalue weighted by Crippen LogP contribution is -2.28. The lowest BCUT2D eigenvalue weighted by Gasteiger charge is -2.07. The molecule has 7 aromatic heterocycles. The van der Waals surface area contributed by atoms with E-state index < -0.39 is 0 Å². The first-order valence-electron chi connectivity index (χ1n) is 20.2. The highest BCUT2D eigenvalue weighted by Gasteiger charge is 2.22. The molecule has 0 saturated heterocycles. The van der Waals surface area contributed by atoms with Gasteiger partial charge >= 0.3 is 0 Å². The summed E-state index contributed by atoms with van der Waals surface area (Å²) in [5.41, 5.74) is 18.0. The van der Waals surface area contributed by atoms with Crippen molar-refractivity contribution in [3.05, 3.63) is 169 Å². The zero-order valence-electron chi connectivity index (χ0n) is 33.8. The second kappa shape index (κ2) is 13.9. The van der Waals surface area contributed by atoms with E-state index in [0.29, 0.717) is 0 Å². The monoisotopic (exact) mass is 778 g/mol. The topological polar surface area (TPSA) is 72.9 Å². The van der Waals surface area contributed by atoms with Crippen LogP contribution in [0, 0.1) is 0 Å². The van der Waals surface area contributed by atoms with Crippen LogP contribution in [0.5, 0.6) is 0 Å². The third-order valence-electron chi connectivity index (χ3n) is 11.7. The van der Waals surface area contributed by atoms with Crippen molar-refractivity contribution in [2.45, 2.75) is 0 Å². The van der Waals surface area contributed by atoms with Crippen LogP contribution in [0.15, 0.2) is 146 Å². The van der Waals surface area contributed by atoms with Gasteiger partial charge in [-0.05, 0) is 85.0 Å². The van der Waals surface area contributed by atoms with Crippen LogP contribution in [0.4, 0.5) is 0 Å². The Kier molecular flexibility index (Phi) is 8.20. The molecule has 11 rings (SSSR count). The molecular formula is C52H42N8+4. The summed E-state index contributed by atoms with van der Waals surface area (Å²) in [6, 6.07) is 38.8. The standard InChI is InChI=1S/C52H42N8/c1-57-25-9-13-35(29-57)49-39-17-21-43(53-39)51(37-27-33-11-5-7-15-47(33)59(3)31-37)45-23-19-41(55-45)50(36-14-10-26-58(2)30-36)42-20-24-46(56-42)52(44-22-18-40(49)54-44)38-28-34-12-6-8-16-48(34)60(4)32-38/h5-32,53,56H,1-4H3/q+4. The fourth-order valence-corrected chi connectivity index (χ4v) is 8.99. The summed E-state index contributed by atoms with van der Waals surface area (Å²) in [7, 11) is 8.34. The number of hydrogen-bond donors (Lipinski definition) is 2. The molecule has 0 radical (unpaired) electrons. The molecule has 0 saturated carbocycles. The molecule has 0 amide bonds. The zero-order valence-corrected chi connectivity index (χ0v) is 33.8. The molecule has 2 aromatic carbocycles. The number of fused-ring (bicyclic) bond motifs is 10. The molecule has 9 aromatic rings. The molecule has 286 valence electrons. The highest BCUT2D eigenvalue weighted by molar-refractivity contribution is 6.00. The minimum atomic E-state index is 0.877. The number of nitrogens with one attached hydrogen (secondary N) is 2. The van der Waals surface area contributed by atoms with E-state index in [1.165, 1.54) is 0 Å². The number of aryl methyl sites for hydroxylation is 4. The Hall–Kier alpha value is -7.84. The van der Waals surface area contributed by atoms with Crippen molar-refractivity contribution in [2.24, 2.45) is 28.2 Å². The molecule has 8 bridgehead atoms.